The lowest BCUT2D eigenvalue weighted by Gasteiger charge is -2.17. The number of aromatic nitrogens is 1. The molecule has 0 bridgehead atoms. The Morgan fingerprint density at radius 3 is 2.83 bits per heavy atom. The van der Waals surface area contributed by atoms with Gasteiger partial charge >= 0.3 is 5.97 Å². The molecule has 98 valence electrons. The maximum atomic E-state index is 11.3. The van der Waals surface area contributed by atoms with Crippen LogP contribution in [-0.2, 0) is 17.8 Å². The first-order valence-corrected chi connectivity index (χ1v) is 6.62. The van der Waals surface area contributed by atoms with Gasteiger partial charge in [0.15, 0.2) is 0 Å². The molecule has 0 atom stereocenters. The summed E-state index contributed by atoms with van der Waals surface area (Å²) in [7, 11) is 0. The molecule has 4 nitrogen and oxygen atoms in total. The van der Waals surface area contributed by atoms with Crippen LogP contribution in [0.3, 0.4) is 0 Å². The second-order valence-corrected chi connectivity index (χ2v) is 4.50. The molecule has 0 saturated carbocycles. The topological polar surface area (TPSA) is 42.4 Å². The number of nitrogens with zero attached hydrogens (tertiary/aromatic N) is 2. The minimum absolute atomic E-state index is 0.243. The Bertz CT molecular complexity index is 428. The molecule has 1 aromatic rings. The van der Waals surface area contributed by atoms with E-state index in [9.17, 15) is 4.79 Å². The monoisotopic (exact) mass is 248 g/mol. The Balaban J connectivity index is 1.89. The van der Waals surface area contributed by atoms with Gasteiger partial charge in [0.1, 0.15) is 6.61 Å². The van der Waals surface area contributed by atoms with Crippen LogP contribution in [-0.4, -0.2) is 35.5 Å². The van der Waals surface area contributed by atoms with Crippen LogP contribution < -0.4 is 0 Å². The Kier molecular flexibility index (Phi) is 4.31. The number of cyclic esters (lactones) is 1. The van der Waals surface area contributed by atoms with E-state index in [1.807, 2.05) is 12.1 Å². The van der Waals surface area contributed by atoms with Gasteiger partial charge in [-0.2, -0.15) is 0 Å². The van der Waals surface area contributed by atoms with Crippen molar-refractivity contribution in [3.05, 3.63) is 29.1 Å². The van der Waals surface area contributed by atoms with Gasteiger partial charge in [-0.25, -0.2) is 4.79 Å². The van der Waals surface area contributed by atoms with Crippen LogP contribution in [0.4, 0.5) is 0 Å². The molecule has 0 saturated heterocycles. The van der Waals surface area contributed by atoms with Crippen LogP contribution in [0.15, 0.2) is 12.1 Å². The molecule has 1 aliphatic heterocycles. The number of hydrogen-bond donors (Lipinski definition) is 0. The van der Waals surface area contributed by atoms with Crippen LogP contribution in [0, 0.1) is 0 Å². The molecule has 1 aliphatic rings. The van der Waals surface area contributed by atoms with Gasteiger partial charge in [-0.3, -0.25) is 4.98 Å². The number of rotatable bonds is 6. The third kappa shape index (κ3) is 2.88. The summed E-state index contributed by atoms with van der Waals surface area (Å²) in [5, 5.41) is 0. The Morgan fingerprint density at radius 1 is 1.33 bits per heavy atom. The van der Waals surface area contributed by atoms with Gasteiger partial charge in [0.2, 0.25) is 0 Å². The summed E-state index contributed by atoms with van der Waals surface area (Å²) in [6.07, 6.45) is 2.06. The van der Waals surface area contributed by atoms with E-state index < -0.39 is 0 Å². The van der Waals surface area contributed by atoms with E-state index in [0.717, 1.165) is 43.9 Å². The minimum Gasteiger partial charge on any atom is -0.456 e. The van der Waals surface area contributed by atoms with Gasteiger partial charge in [-0.05, 0) is 44.6 Å². The van der Waals surface area contributed by atoms with Crippen molar-refractivity contribution >= 4 is 5.97 Å². The Morgan fingerprint density at radius 2 is 2.11 bits per heavy atom. The number of esters is 1. The number of hydrogen-bond acceptors (Lipinski definition) is 4. The highest BCUT2D eigenvalue weighted by molar-refractivity contribution is 5.92. The van der Waals surface area contributed by atoms with Crippen LogP contribution in [0.2, 0.25) is 0 Å². The molecule has 0 N–H and O–H groups in total. The fourth-order valence-electron chi connectivity index (χ4n) is 2.22. The van der Waals surface area contributed by atoms with Gasteiger partial charge < -0.3 is 9.64 Å². The highest BCUT2D eigenvalue weighted by Gasteiger charge is 2.22. The Labute approximate surface area is 108 Å². The lowest BCUT2D eigenvalue weighted by atomic mass is 10.1. The Hall–Kier alpha value is -1.42. The van der Waals surface area contributed by atoms with E-state index in [0.29, 0.717) is 12.2 Å². The molecule has 0 aliphatic carbocycles. The third-order valence-corrected chi connectivity index (χ3v) is 3.39. The van der Waals surface area contributed by atoms with Crippen LogP contribution in [0.1, 0.15) is 42.0 Å². The smallest absolute Gasteiger partial charge is 0.340 e. The van der Waals surface area contributed by atoms with Crippen molar-refractivity contribution in [1.82, 2.24) is 9.88 Å². The summed E-state index contributed by atoms with van der Waals surface area (Å²) < 4.78 is 4.95. The van der Waals surface area contributed by atoms with Crippen molar-refractivity contribution in [1.29, 1.82) is 0 Å². The zero-order valence-electron chi connectivity index (χ0n) is 11.1. The van der Waals surface area contributed by atoms with Gasteiger partial charge in [0.05, 0.1) is 11.3 Å². The van der Waals surface area contributed by atoms with Gasteiger partial charge in [-0.15, -0.1) is 0 Å². The number of fused-ring (bicyclic) bond motifs is 1. The molecule has 0 unspecified atom stereocenters. The first-order valence-electron chi connectivity index (χ1n) is 6.62. The van der Waals surface area contributed by atoms with Crippen molar-refractivity contribution in [3.8, 4) is 0 Å². The quantitative estimate of drug-likeness (QED) is 0.722. The van der Waals surface area contributed by atoms with E-state index in [2.05, 4.69) is 23.7 Å². The SMILES string of the molecule is CCN(CC)CCCc1ccc2c(n1)COC2=O. The summed E-state index contributed by atoms with van der Waals surface area (Å²) in [6.45, 7) is 7.98. The van der Waals surface area contributed by atoms with Crippen molar-refractivity contribution < 1.29 is 9.53 Å². The number of pyridine rings is 1. The molecule has 0 amide bonds. The maximum absolute atomic E-state index is 11.3. The van der Waals surface area contributed by atoms with Crippen LogP contribution >= 0.6 is 0 Å². The zero-order chi connectivity index (χ0) is 13.0. The molecule has 2 rings (SSSR count). The summed E-state index contributed by atoms with van der Waals surface area (Å²) in [4.78, 5) is 18.2. The number of ether oxygens (including phenoxy) is 1. The van der Waals surface area contributed by atoms with E-state index in [1.165, 1.54) is 0 Å². The van der Waals surface area contributed by atoms with E-state index in [4.69, 9.17) is 4.74 Å². The zero-order valence-corrected chi connectivity index (χ0v) is 11.1. The molecule has 0 fully saturated rings. The van der Waals surface area contributed by atoms with Crippen molar-refractivity contribution in [3.63, 3.8) is 0 Å². The predicted octanol–water partition coefficient (Wildman–Crippen LogP) is 2.03. The largest absolute Gasteiger partial charge is 0.456 e. The average Bonchev–Trinajstić information content (AvgIpc) is 2.76. The lowest BCUT2D eigenvalue weighted by molar-refractivity contribution is 0.0533. The van der Waals surface area contributed by atoms with Crippen molar-refractivity contribution in [2.24, 2.45) is 0 Å². The van der Waals surface area contributed by atoms with Crippen molar-refractivity contribution in [2.75, 3.05) is 19.6 Å². The second kappa shape index (κ2) is 5.96. The molecule has 2 heterocycles. The average molecular weight is 248 g/mol. The molecule has 18 heavy (non-hydrogen) atoms. The second-order valence-electron chi connectivity index (χ2n) is 4.50. The highest BCUT2D eigenvalue weighted by Crippen LogP contribution is 2.18. The molecule has 0 spiro atoms. The molecular formula is C14H20N2O2. The standard InChI is InChI=1S/C14H20N2O2/c1-3-16(4-2)9-5-6-11-7-8-12-13(15-11)10-18-14(12)17/h7-8H,3-6,9-10H2,1-2H3. The molecular weight excluding hydrogens is 228 g/mol. The molecule has 4 heteroatoms. The molecule has 1 aromatic heterocycles. The van der Waals surface area contributed by atoms with Gasteiger partial charge in [-0.1, -0.05) is 13.8 Å². The predicted molar refractivity (Wildman–Crippen MR) is 69.5 cm³/mol. The summed E-state index contributed by atoms with van der Waals surface area (Å²) >= 11 is 0. The van der Waals surface area contributed by atoms with Crippen LogP contribution in [0.5, 0.6) is 0 Å². The van der Waals surface area contributed by atoms with Gasteiger partial charge in [0, 0.05) is 5.69 Å². The molecule has 0 radical (unpaired) electrons. The fourth-order valence-corrected chi connectivity index (χ4v) is 2.22. The number of carbonyl (C=O) groups excluding carboxylic acids is 1. The van der Waals surface area contributed by atoms with E-state index in [1.54, 1.807) is 0 Å². The highest BCUT2D eigenvalue weighted by atomic mass is 16.5. The first-order chi connectivity index (χ1) is 8.74. The van der Waals surface area contributed by atoms with E-state index >= 15 is 0 Å². The number of aryl methyl sites for hydroxylation is 1. The minimum atomic E-state index is -0.243. The maximum Gasteiger partial charge on any atom is 0.340 e. The third-order valence-electron chi connectivity index (χ3n) is 3.39. The summed E-state index contributed by atoms with van der Waals surface area (Å²) in [5.41, 5.74) is 2.47. The first kappa shape index (κ1) is 13.0. The molecule has 0 aromatic carbocycles. The lowest BCUT2D eigenvalue weighted by Crippen LogP contribution is -2.24. The number of carbonyl (C=O) groups is 1. The van der Waals surface area contributed by atoms with E-state index in [-0.39, 0.29) is 5.97 Å². The van der Waals surface area contributed by atoms with Crippen LogP contribution in [0.25, 0.3) is 0 Å². The summed E-state index contributed by atoms with van der Waals surface area (Å²) in [5.74, 6) is -0.243. The summed E-state index contributed by atoms with van der Waals surface area (Å²) in [6, 6.07) is 3.78. The normalized spacial score (nSPS) is 13.8. The fraction of sp³-hybridized carbons (Fsp3) is 0.571. The van der Waals surface area contributed by atoms with Gasteiger partial charge in [0.25, 0.3) is 0 Å². The van der Waals surface area contributed by atoms with Crippen molar-refractivity contribution in [2.45, 2.75) is 33.3 Å².